The minimum atomic E-state index is -0.0740. The van der Waals surface area contributed by atoms with Crippen LogP contribution in [0, 0.1) is 11.3 Å². The van der Waals surface area contributed by atoms with Crippen LogP contribution in [0.15, 0.2) is 71.3 Å². The molecule has 3 rings (SSSR count). The van der Waals surface area contributed by atoms with Gasteiger partial charge in [-0.15, -0.1) is 0 Å². The highest BCUT2D eigenvalue weighted by molar-refractivity contribution is 9.10. The fraction of sp³-hybridized carbons (Fsp3) is 0.0952. The average molecular weight is 406 g/mol. The maximum absolute atomic E-state index is 12.4. The molecule has 0 bridgehead atoms. The van der Waals surface area contributed by atoms with E-state index in [9.17, 15) is 4.79 Å². The topological polar surface area (TPSA) is 58.7 Å². The molecule has 0 radical (unpaired) electrons. The van der Waals surface area contributed by atoms with E-state index >= 15 is 0 Å². The summed E-state index contributed by atoms with van der Waals surface area (Å²) in [6, 6.07) is 19.2. The van der Waals surface area contributed by atoms with Gasteiger partial charge in [-0.05, 0) is 24.3 Å². The van der Waals surface area contributed by atoms with Crippen molar-refractivity contribution in [2.45, 2.75) is 13.0 Å². The minimum absolute atomic E-state index is 0.0740. The van der Waals surface area contributed by atoms with E-state index in [4.69, 9.17) is 5.26 Å². The van der Waals surface area contributed by atoms with Crippen LogP contribution in [0.3, 0.4) is 0 Å². The number of nitrogens with zero attached hydrogens (tertiary/aromatic N) is 3. The second-order valence-corrected chi connectivity index (χ2v) is 6.59. The first kappa shape index (κ1) is 17.8. The number of aromatic nitrogens is 2. The summed E-state index contributed by atoms with van der Waals surface area (Å²) in [6.45, 7) is 0.518. The van der Waals surface area contributed by atoms with Crippen molar-refractivity contribution in [3.05, 3.63) is 82.5 Å². The van der Waals surface area contributed by atoms with E-state index in [0.717, 1.165) is 21.3 Å². The third-order valence-electron chi connectivity index (χ3n) is 3.81. The Morgan fingerprint density at radius 3 is 2.73 bits per heavy atom. The fourth-order valence-corrected chi connectivity index (χ4v) is 2.96. The summed E-state index contributed by atoms with van der Waals surface area (Å²) >= 11 is 3.38. The molecular formula is C21H16BrN3O. The summed E-state index contributed by atoms with van der Waals surface area (Å²) in [5.74, 6) is -0.0740. The van der Waals surface area contributed by atoms with E-state index in [2.05, 4.69) is 27.1 Å². The lowest BCUT2D eigenvalue weighted by Crippen LogP contribution is -1.97. The second-order valence-electron chi connectivity index (χ2n) is 5.68. The van der Waals surface area contributed by atoms with Crippen LogP contribution >= 0.6 is 15.9 Å². The summed E-state index contributed by atoms with van der Waals surface area (Å²) in [7, 11) is 0. The molecule has 0 fully saturated rings. The number of halogens is 1. The van der Waals surface area contributed by atoms with Gasteiger partial charge < -0.3 is 0 Å². The SMILES string of the molecule is N#CCCn1cc(/C=C/C(=O)c2cccc(Br)c2)c(-c2ccccc2)n1. The number of carbonyl (C=O) groups excluding carboxylic acids is 1. The van der Waals surface area contributed by atoms with Crippen LogP contribution in [0.1, 0.15) is 22.3 Å². The Kier molecular flexibility index (Phi) is 5.77. The van der Waals surface area contributed by atoms with E-state index in [1.54, 1.807) is 29.0 Å². The Bertz CT molecular complexity index is 984. The minimum Gasteiger partial charge on any atom is -0.289 e. The van der Waals surface area contributed by atoms with Crippen LogP contribution in [0.2, 0.25) is 0 Å². The standard InChI is InChI=1S/C21H16BrN3O/c22-19-9-4-8-17(14-19)20(26)11-10-18-15-25(13-5-12-23)24-21(18)16-6-2-1-3-7-16/h1-4,6-11,14-15H,5,13H2/b11-10+. The maximum Gasteiger partial charge on any atom is 0.185 e. The highest BCUT2D eigenvalue weighted by atomic mass is 79.9. The molecule has 0 aliphatic carbocycles. The molecule has 0 unspecified atom stereocenters. The van der Waals surface area contributed by atoms with Crippen LogP contribution in [0.5, 0.6) is 0 Å². The van der Waals surface area contributed by atoms with Crippen molar-refractivity contribution < 1.29 is 4.79 Å². The van der Waals surface area contributed by atoms with Gasteiger partial charge in [0, 0.05) is 27.4 Å². The largest absolute Gasteiger partial charge is 0.289 e. The second kappa shape index (κ2) is 8.41. The Morgan fingerprint density at radius 1 is 1.19 bits per heavy atom. The van der Waals surface area contributed by atoms with E-state index in [1.807, 2.05) is 48.7 Å². The fourth-order valence-electron chi connectivity index (χ4n) is 2.56. The van der Waals surface area contributed by atoms with Crippen molar-refractivity contribution >= 4 is 27.8 Å². The summed E-state index contributed by atoms with van der Waals surface area (Å²) in [5, 5.41) is 13.4. The van der Waals surface area contributed by atoms with Crippen LogP contribution in [0.25, 0.3) is 17.3 Å². The van der Waals surface area contributed by atoms with Gasteiger partial charge in [-0.25, -0.2) is 0 Å². The monoisotopic (exact) mass is 405 g/mol. The number of carbonyl (C=O) groups is 1. The van der Waals surface area contributed by atoms with Gasteiger partial charge in [0.1, 0.15) is 0 Å². The lowest BCUT2D eigenvalue weighted by molar-refractivity contribution is 0.104. The molecule has 0 N–H and O–H groups in total. The Labute approximate surface area is 160 Å². The van der Waals surface area contributed by atoms with Gasteiger partial charge in [0.05, 0.1) is 24.7 Å². The molecule has 0 aliphatic heterocycles. The van der Waals surface area contributed by atoms with Crippen molar-refractivity contribution in [1.29, 1.82) is 5.26 Å². The van der Waals surface area contributed by atoms with E-state index in [1.165, 1.54) is 0 Å². The van der Waals surface area contributed by atoms with Gasteiger partial charge >= 0.3 is 0 Å². The van der Waals surface area contributed by atoms with Gasteiger partial charge in [0.25, 0.3) is 0 Å². The zero-order valence-electron chi connectivity index (χ0n) is 14.0. The van der Waals surface area contributed by atoms with Crippen LogP contribution in [-0.2, 0) is 6.54 Å². The number of hydrogen-bond acceptors (Lipinski definition) is 3. The molecular weight excluding hydrogens is 390 g/mol. The molecule has 1 aromatic heterocycles. The molecule has 4 nitrogen and oxygen atoms in total. The molecule has 0 saturated heterocycles. The molecule has 2 aromatic carbocycles. The molecule has 0 aliphatic rings. The van der Waals surface area contributed by atoms with Gasteiger partial charge in [-0.3, -0.25) is 9.48 Å². The summed E-state index contributed by atoms with van der Waals surface area (Å²) in [4.78, 5) is 12.4. The zero-order chi connectivity index (χ0) is 18.4. The predicted molar refractivity (Wildman–Crippen MR) is 105 cm³/mol. The molecule has 0 saturated carbocycles. The van der Waals surface area contributed by atoms with Crippen LogP contribution in [-0.4, -0.2) is 15.6 Å². The number of rotatable bonds is 6. The molecule has 0 spiro atoms. The summed E-state index contributed by atoms with van der Waals surface area (Å²) in [5.41, 5.74) is 3.23. The first-order chi connectivity index (χ1) is 12.7. The van der Waals surface area contributed by atoms with Crippen molar-refractivity contribution in [1.82, 2.24) is 9.78 Å². The quantitative estimate of drug-likeness (QED) is 0.422. The Morgan fingerprint density at radius 2 is 2.00 bits per heavy atom. The number of benzene rings is 2. The summed E-state index contributed by atoms with van der Waals surface area (Å²) in [6.07, 6.45) is 5.59. The maximum atomic E-state index is 12.4. The first-order valence-electron chi connectivity index (χ1n) is 8.15. The first-order valence-corrected chi connectivity index (χ1v) is 8.94. The third kappa shape index (κ3) is 4.35. The number of allylic oxidation sites excluding steroid dienone is 1. The Balaban J connectivity index is 1.91. The normalized spacial score (nSPS) is 10.8. The predicted octanol–water partition coefficient (Wildman–Crippen LogP) is 5.12. The molecule has 0 amide bonds. The smallest absolute Gasteiger partial charge is 0.185 e. The number of nitriles is 1. The molecule has 128 valence electrons. The van der Waals surface area contributed by atoms with Crippen molar-refractivity contribution in [2.24, 2.45) is 0 Å². The van der Waals surface area contributed by atoms with Crippen molar-refractivity contribution in [3.8, 4) is 17.3 Å². The highest BCUT2D eigenvalue weighted by Crippen LogP contribution is 2.23. The lowest BCUT2D eigenvalue weighted by atomic mass is 10.1. The van der Waals surface area contributed by atoms with Gasteiger partial charge in [0.15, 0.2) is 5.78 Å². The summed E-state index contributed by atoms with van der Waals surface area (Å²) < 4.78 is 2.61. The molecule has 0 atom stereocenters. The van der Waals surface area contributed by atoms with Crippen LogP contribution < -0.4 is 0 Å². The zero-order valence-corrected chi connectivity index (χ0v) is 15.6. The number of hydrogen-bond donors (Lipinski definition) is 0. The van der Waals surface area contributed by atoms with Gasteiger partial charge in [-0.1, -0.05) is 58.4 Å². The average Bonchev–Trinajstić information content (AvgIpc) is 3.08. The lowest BCUT2D eigenvalue weighted by Gasteiger charge is -1.99. The highest BCUT2D eigenvalue weighted by Gasteiger charge is 2.10. The molecule has 1 heterocycles. The Hall–Kier alpha value is -2.97. The van der Waals surface area contributed by atoms with E-state index in [-0.39, 0.29) is 5.78 Å². The van der Waals surface area contributed by atoms with Crippen molar-refractivity contribution in [3.63, 3.8) is 0 Å². The van der Waals surface area contributed by atoms with Crippen LogP contribution in [0.4, 0.5) is 0 Å². The number of ketones is 1. The number of aryl methyl sites for hydroxylation is 1. The van der Waals surface area contributed by atoms with Crippen molar-refractivity contribution in [2.75, 3.05) is 0 Å². The van der Waals surface area contributed by atoms with Gasteiger partial charge in [0.2, 0.25) is 0 Å². The van der Waals surface area contributed by atoms with E-state index in [0.29, 0.717) is 18.5 Å². The van der Waals surface area contributed by atoms with Gasteiger partial charge in [-0.2, -0.15) is 10.4 Å². The molecule has 3 aromatic rings. The van der Waals surface area contributed by atoms with E-state index < -0.39 is 0 Å². The molecule has 26 heavy (non-hydrogen) atoms. The molecule has 5 heteroatoms. The third-order valence-corrected chi connectivity index (χ3v) is 4.31.